The van der Waals surface area contributed by atoms with Crippen LogP contribution in [0.5, 0.6) is 5.75 Å². The van der Waals surface area contributed by atoms with Crippen molar-refractivity contribution >= 4 is 17.5 Å². The molecule has 0 atom stereocenters. The fourth-order valence-electron chi connectivity index (χ4n) is 2.82. The normalized spacial score (nSPS) is 10.6. The van der Waals surface area contributed by atoms with E-state index in [-0.39, 0.29) is 18.4 Å². The van der Waals surface area contributed by atoms with Crippen LogP contribution in [0.25, 0.3) is 0 Å². The summed E-state index contributed by atoms with van der Waals surface area (Å²) < 4.78 is 10.9. The number of benzene rings is 2. The summed E-state index contributed by atoms with van der Waals surface area (Å²) in [6.07, 6.45) is 1.56. The molecular formula is C23H24N2O4. The summed E-state index contributed by atoms with van der Waals surface area (Å²) in [6.45, 7) is 4.39. The molecule has 0 radical (unpaired) electrons. The monoisotopic (exact) mass is 392 g/mol. The third-order valence-electron chi connectivity index (χ3n) is 4.33. The van der Waals surface area contributed by atoms with Crippen LogP contribution in [0.4, 0.5) is 5.69 Å². The smallest absolute Gasteiger partial charge is 0.262 e. The summed E-state index contributed by atoms with van der Waals surface area (Å²) in [4.78, 5) is 24.4. The second-order valence-corrected chi connectivity index (χ2v) is 6.87. The maximum absolute atomic E-state index is 12.2. The molecule has 3 aromatic rings. The molecule has 2 amide bonds. The molecular weight excluding hydrogens is 368 g/mol. The molecule has 3 rings (SSSR count). The Balaban J connectivity index is 1.50. The lowest BCUT2D eigenvalue weighted by atomic mass is 10.0. The van der Waals surface area contributed by atoms with E-state index >= 15 is 0 Å². The van der Waals surface area contributed by atoms with Gasteiger partial charge in [-0.05, 0) is 53.9 Å². The van der Waals surface area contributed by atoms with Crippen molar-refractivity contribution in [1.82, 2.24) is 5.32 Å². The van der Waals surface area contributed by atoms with Crippen molar-refractivity contribution in [3.8, 4) is 5.75 Å². The molecule has 0 spiro atoms. The molecule has 0 aliphatic rings. The van der Waals surface area contributed by atoms with Gasteiger partial charge in [-0.3, -0.25) is 9.59 Å². The Kier molecular flexibility index (Phi) is 6.68. The highest BCUT2D eigenvalue weighted by Crippen LogP contribution is 2.25. The average Bonchev–Trinajstić information content (AvgIpc) is 3.25. The Labute approximate surface area is 169 Å². The summed E-state index contributed by atoms with van der Waals surface area (Å²) in [7, 11) is 0. The van der Waals surface area contributed by atoms with Crippen molar-refractivity contribution in [2.24, 2.45) is 0 Å². The molecule has 0 unspecified atom stereocenters. The maximum atomic E-state index is 12.2. The van der Waals surface area contributed by atoms with Gasteiger partial charge >= 0.3 is 0 Å². The number of nitrogens with one attached hydrogen (secondary N) is 2. The highest BCUT2D eigenvalue weighted by Gasteiger charge is 2.10. The van der Waals surface area contributed by atoms with Crippen LogP contribution in [0.1, 0.15) is 41.4 Å². The zero-order valence-corrected chi connectivity index (χ0v) is 16.5. The van der Waals surface area contributed by atoms with Gasteiger partial charge in [-0.1, -0.05) is 32.0 Å². The average molecular weight is 392 g/mol. The van der Waals surface area contributed by atoms with Crippen molar-refractivity contribution in [3.63, 3.8) is 0 Å². The van der Waals surface area contributed by atoms with Gasteiger partial charge in [0.25, 0.3) is 11.8 Å². The van der Waals surface area contributed by atoms with E-state index < -0.39 is 0 Å². The Morgan fingerprint density at radius 2 is 1.76 bits per heavy atom. The molecule has 0 saturated heterocycles. The lowest BCUT2D eigenvalue weighted by Gasteiger charge is -2.13. The van der Waals surface area contributed by atoms with Gasteiger partial charge in [0.05, 0.1) is 12.8 Å². The van der Waals surface area contributed by atoms with Gasteiger partial charge in [-0.2, -0.15) is 0 Å². The standard InChI is InChI=1S/C23H24N2O4/c1-16(2)20-7-3-4-8-21(20)29-15-22(26)25-18-11-9-17(10-12-18)23(27)24-14-19-6-5-13-28-19/h3-13,16H,14-15H2,1-2H3,(H,24,27)(H,25,26). The van der Waals surface area contributed by atoms with Crippen molar-refractivity contribution in [2.45, 2.75) is 26.3 Å². The van der Waals surface area contributed by atoms with Gasteiger partial charge in [-0.15, -0.1) is 0 Å². The van der Waals surface area contributed by atoms with Crippen LogP contribution in [-0.2, 0) is 11.3 Å². The zero-order chi connectivity index (χ0) is 20.6. The molecule has 0 aliphatic carbocycles. The van der Waals surface area contributed by atoms with Crippen LogP contribution < -0.4 is 15.4 Å². The minimum absolute atomic E-state index is 0.0882. The molecule has 0 aliphatic heterocycles. The summed E-state index contributed by atoms with van der Waals surface area (Å²) in [6, 6.07) is 17.9. The highest BCUT2D eigenvalue weighted by atomic mass is 16.5. The Morgan fingerprint density at radius 1 is 1.00 bits per heavy atom. The number of furan rings is 1. The van der Waals surface area contributed by atoms with Gasteiger partial charge in [0, 0.05) is 11.3 Å². The number of para-hydroxylation sites is 1. The highest BCUT2D eigenvalue weighted by molar-refractivity contribution is 5.96. The van der Waals surface area contributed by atoms with Crippen LogP contribution in [0.15, 0.2) is 71.3 Å². The first-order valence-electron chi connectivity index (χ1n) is 9.45. The third kappa shape index (κ3) is 5.72. The first-order valence-corrected chi connectivity index (χ1v) is 9.45. The summed E-state index contributed by atoms with van der Waals surface area (Å²) in [5.74, 6) is 1.22. The number of hydrogen-bond donors (Lipinski definition) is 2. The number of carbonyl (C=O) groups is 2. The number of rotatable bonds is 8. The molecule has 2 aromatic carbocycles. The lowest BCUT2D eigenvalue weighted by molar-refractivity contribution is -0.118. The van der Waals surface area contributed by atoms with Crippen LogP contribution in [-0.4, -0.2) is 18.4 Å². The third-order valence-corrected chi connectivity index (χ3v) is 4.33. The van der Waals surface area contributed by atoms with Gasteiger partial charge in [-0.25, -0.2) is 0 Å². The van der Waals surface area contributed by atoms with E-state index in [1.165, 1.54) is 0 Å². The summed E-state index contributed by atoms with van der Waals surface area (Å²) >= 11 is 0. The largest absolute Gasteiger partial charge is 0.483 e. The predicted molar refractivity (Wildman–Crippen MR) is 111 cm³/mol. The molecule has 6 nitrogen and oxygen atoms in total. The van der Waals surface area contributed by atoms with E-state index in [0.29, 0.717) is 35.2 Å². The fourth-order valence-corrected chi connectivity index (χ4v) is 2.82. The van der Waals surface area contributed by atoms with E-state index in [2.05, 4.69) is 24.5 Å². The summed E-state index contributed by atoms with van der Waals surface area (Å²) in [5, 5.41) is 5.55. The molecule has 1 aromatic heterocycles. The number of carbonyl (C=O) groups excluding carboxylic acids is 2. The molecule has 0 bridgehead atoms. The molecule has 6 heteroatoms. The van der Waals surface area contributed by atoms with E-state index in [4.69, 9.17) is 9.15 Å². The number of ether oxygens (including phenoxy) is 1. The van der Waals surface area contributed by atoms with Crippen molar-refractivity contribution < 1.29 is 18.7 Å². The fraction of sp³-hybridized carbons (Fsp3) is 0.217. The number of amides is 2. The Bertz CT molecular complexity index is 947. The summed E-state index contributed by atoms with van der Waals surface area (Å²) in [5.41, 5.74) is 2.15. The SMILES string of the molecule is CC(C)c1ccccc1OCC(=O)Nc1ccc(C(=O)NCc2ccco2)cc1. The van der Waals surface area contributed by atoms with E-state index in [9.17, 15) is 9.59 Å². The zero-order valence-electron chi connectivity index (χ0n) is 16.5. The van der Waals surface area contributed by atoms with Crippen LogP contribution >= 0.6 is 0 Å². The van der Waals surface area contributed by atoms with Gasteiger partial charge in [0.2, 0.25) is 0 Å². The van der Waals surface area contributed by atoms with Gasteiger partial charge in [0.15, 0.2) is 6.61 Å². The van der Waals surface area contributed by atoms with E-state index in [0.717, 1.165) is 5.56 Å². The first-order chi connectivity index (χ1) is 14.0. The molecule has 29 heavy (non-hydrogen) atoms. The number of hydrogen-bond acceptors (Lipinski definition) is 4. The lowest BCUT2D eigenvalue weighted by Crippen LogP contribution is -2.23. The topological polar surface area (TPSA) is 80.6 Å². The van der Waals surface area contributed by atoms with E-state index in [1.807, 2.05) is 24.3 Å². The Hall–Kier alpha value is -3.54. The molecule has 150 valence electrons. The van der Waals surface area contributed by atoms with Gasteiger partial charge in [0.1, 0.15) is 11.5 Å². The van der Waals surface area contributed by atoms with Crippen molar-refractivity contribution in [3.05, 3.63) is 83.8 Å². The van der Waals surface area contributed by atoms with Gasteiger partial charge < -0.3 is 19.8 Å². The van der Waals surface area contributed by atoms with Crippen LogP contribution in [0.2, 0.25) is 0 Å². The maximum Gasteiger partial charge on any atom is 0.262 e. The Morgan fingerprint density at radius 3 is 2.45 bits per heavy atom. The molecule has 1 heterocycles. The van der Waals surface area contributed by atoms with Crippen LogP contribution in [0.3, 0.4) is 0 Å². The second-order valence-electron chi connectivity index (χ2n) is 6.87. The molecule has 0 saturated carbocycles. The minimum atomic E-state index is -0.265. The minimum Gasteiger partial charge on any atom is -0.483 e. The second kappa shape index (κ2) is 9.59. The van der Waals surface area contributed by atoms with E-state index in [1.54, 1.807) is 42.7 Å². The quantitative estimate of drug-likeness (QED) is 0.597. The molecule has 2 N–H and O–H groups in total. The number of anilines is 1. The van der Waals surface area contributed by atoms with Crippen LogP contribution in [0, 0.1) is 0 Å². The van der Waals surface area contributed by atoms with Crippen molar-refractivity contribution in [2.75, 3.05) is 11.9 Å². The predicted octanol–water partition coefficient (Wildman–Crippen LogP) is 4.35. The molecule has 0 fully saturated rings. The van der Waals surface area contributed by atoms with Crippen molar-refractivity contribution in [1.29, 1.82) is 0 Å². The first kappa shape index (κ1) is 20.2.